The van der Waals surface area contributed by atoms with Gasteiger partial charge < -0.3 is 9.26 Å². The van der Waals surface area contributed by atoms with Crippen LogP contribution in [0.5, 0.6) is 5.75 Å². The zero-order chi connectivity index (χ0) is 14.5. The Bertz CT molecular complexity index is 589. The highest BCUT2D eigenvalue weighted by molar-refractivity contribution is 5.30. The fourth-order valence-corrected chi connectivity index (χ4v) is 2.19. The van der Waals surface area contributed by atoms with Gasteiger partial charge in [0.05, 0.1) is 24.3 Å². The van der Waals surface area contributed by atoms with Gasteiger partial charge in [-0.25, -0.2) is 0 Å². The maximum Gasteiger partial charge on any atom is 0.138 e. The van der Waals surface area contributed by atoms with Crippen LogP contribution in [0.15, 0.2) is 28.8 Å². The summed E-state index contributed by atoms with van der Waals surface area (Å²) in [6, 6.07) is 10.2. The van der Waals surface area contributed by atoms with E-state index in [-0.39, 0.29) is 5.92 Å². The molecule has 0 spiro atoms. The summed E-state index contributed by atoms with van der Waals surface area (Å²) in [4.78, 5) is 0. The van der Waals surface area contributed by atoms with Gasteiger partial charge >= 0.3 is 0 Å². The molecule has 1 atom stereocenters. The first-order valence-electron chi connectivity index (χ1n) is 6.63. The van der Waals surface area contributed by atoms with Gasteiger partial charge in [-0.1, -0.05) is 22.9 Å². The molecule has 0 amide bonds. The molecule has 104 valence electrons. The Morgan fingerprint density at radius 2 is 1.95 bits per heavy atom. The monoisotopic (exact) mass is 270 g/mol. The summed E-state index contributed by atoms with van der Waals surface area (Å²) in [5.41, 5.74) is 2.87. The predicted octanol–water partition coefficient (Wildman–Crippen LogP) is 3.68. The zero-order valence-corrected chi connectivity index (χ0v) is 12.0. The summed E-state index contributed by atoms with van der Waals surface area (Å²) in [7, 11) is 0. The third kappa shape index (κ3) is 3.18. The van der Waals surface area contributed by atoms with Crippen molar-refractivity contribution in [3.63, 3.8) is 0 Å². The van der Waals surface area contributed by atoms with E-state index in [0.717, 1.165) is 17.0 Å². The predicted molar refractivity (Wildman–Crippen MR) is 75.6 cm³/mol. The van der Waals surface area contributed by atoms with Gasteiger partial charge in [0.15, 0.2) is 0 Å². The van der Waals surface area contributed by atoms with Gasteiger partial charge in [-0.2, -0.15) is 5.26 Å². The highest BCUT2D eigenvalue weighted by atomic mass is 16.5. The quantitative estimate of drug-likeness (QED) is 0.831. The van der Waals surface area contributed by atoms with Crippen LogP contribution >= 0.6 is 0 Å². The molecule has 1 aromatic carbocycles. The molecule has 0 radical (unpaired) electrons. The van der Waals surface area contributed by atoms with Crippen molar-refractivity contribution in [2.75, 3.05) is 6.61 Å². The van der Waals surface area contributed by atoms with Crippen LogP contribution in [-0.4, -0.2) is 11.8 Å². The van der Waals surface area contributed by atoms with Crippen molar-refractivity contribution in [1.82, 2.24) is 5.16 Å². The van der Waals surface area contributed by atoms with E-state index in [1.54, 1.807) is 0 Å². The minimum Gasteiger partial charge on any atom is -0.494 e. The first-order valence-corrected chi connectivity index (χ1v) is 6.63. The lowest BCUT2D eigenvalue weighted by Gasteiger charge is -2.10. The second kappa shape index (κ2) is 6.25. The largest absolute Gasteiger partial charge is 0.494 e. The number of aromatic nitrogens is 1. The van der Waals surface area contributed by atoms with E-state index in [1.807, 2.05) is 45.0 Å². The van der Waals surface area contributed by atoms with Gasteiger partial charge in [0.2, 0.25) is 0 Å². The molecule has 1 heterocycles. The van der Waals surface area contributed by atoms with E-state index >= 15 is 0 Å². The number of hydrogen-bond donors (Lipinski definition) is 0. The zero-order valence-electron chi connectivity index (χ0n) is 12.0. The summed E-state index contributed by atoms with van der Waals surface area (Å²) < 4.78 is 10.8. The maximum atomic E-state index is 9.31. The van der Waals surface area contributed by atoms with Crippen LogP contribution in [-0.2, 0) is 0 Å². The molecule has 0 saturated carbocycles. The third-order valence-electron chi connectivity index (χ3n) is 3.29. The fraction of sp³-hybridized carbons (Fsp3) is 0.375. The standard InChI is InChI=1S/C16H18N2O2/c1-11-4-6-15(7-5-11)19-9-8-14(10-17)16-12(2)18-20-13(16)3/h4-7,14H,8-9H2,1-3H3. The van der Waals surface area contributed by atoms with Crippen molar-refractivity contribution in [3.8, 4) is 11.8 Å². The molecule has 20 heavy (non-hydrogen) atoms. The van der Waals surface area contributed by atoms with Gasteiger partial charge in [-0.15, -0.1) is 0 Å². The van der Waals surface area contributed by atoms with E-state index in [4.69, 9.17) is 9.26 Å². The first-order chi connectivity index (χ1) is 9.61. The number of rotatable bonds is 5. The summed E-state index contributed by atoms with van der Waals surface area (Å²) >= 11 is 0. The van der Waals surface area contributed by atoms with Crippen LogP contribution in [0.4, 0.5) is 0 Å². The van der Waals surface area contributed by atoms with Crippen molar-refractivity contribution in [3.05, 3.63) is 46.8 Å². The van der Waals surface area contributed by atoms with E-state index in [2.05, 4.69) is 11.2 Å². The lowest BCUT2D eigenvalue weighted by Crippen LogP contribution is -2.06. The minimum absolute atomic E-state index is 0.244. The Balaban J connectivity index is 1.95. The summed E-state index contributed by atoms with van der Waals surface area (Å²) in [5.74, 6) is 1.29. The molecule has 0 aliphatic heterocycles. The van der Waals surface area contributed by atoms with Gasteiger partial charge in [-0.3, -0.25) is 0 Å². The Hall–Kier alpha value is -2.28. The Morgan fingerprint density at radius 1 is 1.25 bits per heavy atom. The van der Waals surface area contributed by atoms with Crippen LogP contribution in [0, 0.1) is 32.1 Å². The van der Waals surface area contributed by atoms with Gasteiger partial charge in [0.25, 0.3) is 0 Å². The van der Waals surface area contributed by atoms with E-state index in [9.17, 15) is 5.26 Å². The van der Waals surface area contributed by atoms with Crippen LogP contribution in [0.3, 0.4) is 0 Å². The average molecular weight is 270 g/mol. The molecule has 4 nitrogen and oxygen atoms in total. The van der Waals surface area contributed by atoms with E-state index in [0.29, 0.717) is 18.8 Å². The third-order valence-corrected chi connectivity index (χ3v) is 3.29. The maximum absolute atomic E-state index is 9.31. The van der Waals surface area contributed by atoms with Crippen molar-refractivity contribution < 1.29 is 9.26 Å². The lowest BCUT2D eigenvalue weighted by atomic mass is 9.96. The van der Waals surface area contributed by atoms with Crippen LogP contribution in [0.25, 0.3) is 0 Å². The molecule has 0 N–H and O–H groups in total. The second-order valence-electron chi connectivity index (χ2n) is 4.87. The number of aryl methyl sites for hydroxylation is 3. The molecule has 0 aliphatic rings. The van der Waals surface area contributed by atoms with Crippen LogP contribution in [0.2, 0.25) is 0 Å². The molecule has 0 saturated heterocycles. The van der Waals surface area contributed by atoms with Gasteiger partial charge in [-0.05, 0) is 32.9 Å². The highest BCUT2D eigenvalue weighted by Gasteiger charge is 2.20. The molecule has 1 unspecified atom stereocenters. The van der Waals surface area contributed by atoms with Crippen molar-refractivity contribution in [1.29, 1.82) is 5.26 Å². The average Bonchev–Trinajstić information content (AvgIpc) is 2.77. The molecule has 2 aromatic rings. The van der Waals surface area contributed by atoms with Gasteiger partial charge in [0.1, 0.15) is 11.5 Å². The molecule has 1 aromatic heterocycles. The summed E-state index contributed by atoms with van der Waals surface area (Å²) in [5, 5.41) is 13.2. The molecule has 0 aliphatic carbocycles. The second-order valence-corrected chi connectivity index (χ2v) is 4.87. The van der Waals surface area contributed by atoms with Crippen molar-refractivity contribution >= 4 is 0 Å². The Morgan fingerprint density at radius 3 is 2.50 bits per heavy atom. The SMILES string of the molecule is Cc1ccc(OCCC(C#N)c2c(C)noc2C)cc1. The Labute approximate surface area is 119 Å². The van der Waals surface area contributed by atoms with Crippen LogP contribution in [0.1, 0.15) is 34.9 Å². The van der Waals surface area contributed by atoms with Crippen LogP contribution < -0.4 is 4.74 Å². The number of ether oxygens (including phenoxy) is 1. The molecular formula is C16H18N2O2. The summed E-state index contributed by atoms with van der Waals surface area (Å²) in [6.45, 7) is 6.22. The van der Waals surface area contributed by atoms with Crippen molar-refractivity contribution in [2.45, 2.75) is 33.1 Å². The van der Waals surface area contributed by atoms with E-state index in [1.165, 1.54) is 5.56 Å². The summed E-state index contributed by atoms with van der Waals surface area (Å²) in [6.07, 6.45) is 0.618. The van der Waals surface area contributed by atoms with Gasteiger partial charge in [0, 0.05) is 12.0 Å². The Kier molecular flexibility index (Phi) is 4.41. The highest BCUT2D eigenvalue weighted by Crippen LogP contribution is 2.26. The number of nitrogens with zero attached hydrogens (tertiary/aromatic N) is 2. The smallest absolute Gasteiger partial charge is 0.138 e. The number of nitriles is 1. The van der Waals surface area contributed by atoms with E-state index < -0.39 is 0 Å². The normalized spacial score (nSPS) is 11.9. The van der Waals surface area contributed by atoms with Crippen molar-refractivity contribution in [2.24, 2.45) is 0 Å². The minimum atomic E-state index is -0.244. The molecule has 0 fully saturated rings. The topological polar surface area (TPSA) is 59.0 Å². The molecule has 0 bridgehead atoms. The molecule has 4 heteroatoms. The fourth-order valence-electron chi connectivity index (χ4n) is 2.19. The number of benzene rings is 1. The lowest BCUT2D eigenvalue weighted by molar-refractivity contribution is 0.305. The number of hydrogen-bond acceptors (Lipinski definition) is 4. The first kappa shape index (κ1) is 14.1. The molecule has 2 rings (SSSR count). The molecular weight excluding hydrogens is 252 g/mol.